The molecule has 0 saturated heterocycles. The van der Waals surface area contributed by atoms with Crippen LogP contribution in [-0.4, -0.2) is 10.5 Å². The lowest BCUT2D eigenvalue weighted by Crippen LogP contribution is -2.10. The fourth-order valence-corrected chi connectivity index (χ4v) is 1.54. The van der Waals surface area contributed by atoms with Gasteiger partial charge >= 0.3 is 0 Å². The number of para-hydroxylation sites is 1. The minimum Gasteiger partial charge on any atom is -0.678 e. The average molecular weight is 199 g/mol. The molecule has 0 aliphatic heterocycles. The van der Waals surface area contributed by atoms with Crippen LogP contribution >= 0.6 is 0 Å². The molecule has 0 saturated carbocycles. The molecule has 15 heavy (non-hydrogen) atoms. The summed E-state index contributed by atoms with van der Waals surface area (Å²) >= 11 is 0. The third-order valence-electron chi connectivity index (χ3n) is 2.07. The second kappa shape index (κ2) is 3.54. The summed E-state index contributed by atoms with van der Waals surface area (Å²) in [7, 11) is 0. The smallest absolute Gasteiger partial charge is 0.0553 e. The summed E-state index contributed by atoms with van der Waals surface area (Å²) in [5.74, 6) is 0. The van der Waals surface area contributed by atoms with Crippen LogP contribution < -0.4 is 0 Å². The zero-order valence-electron chi connectivity index (χ0n) is 9.36. The SMILES string of the molecule is CC(C)(C)[N-]c1cccc2cccnc12. The highest BCUT2D eigenvalue weighted by Gasteiger charge is 2.00. The third kappa shape index (κ3) is 2.27. The van der Waals surface area contributed by atoms with Crippen molar-refractivity contribution in [3.05, 3.63) is 41.8 Å². The Morgan fingerprint density at radius 3 is 2.53 bits per heavy atom. The van der Waals surface area contributed by atoms with Crippen molar-refractivity contribution >= 4 is 16.6 Å². The largest absolute Gasteiger partial charge is 0.678 e. The zero-order valence-corrected chi connectivity index (χ0v) is 9.36. The number of rotatable bonds is 1. The van der Waals surface area contributed by atoms with Gasteiger partial charge in [-0.25, -0.2) is 0 Å². The van der Waals surface area contributed by atoms with Gasteiger partial charge in [-0.05, 0) is 11.5 Å². The molecule has 0 aliphatic carbocycles. The first-order valence-corrected chi connectivity index (χ1v) is 5.13. The molecule has 78 valence electrons. The van der Waals surface area contributed by atoms with Crippen LogP contribution in [0.1, 0.15) is 20.8 Å². The summed E-state index contributed by atoms with van der Waals surface area (Å²) in [6.45, 7) is 6.28. The van der Waals surface area contributed by atoms with Gasteiger partial charge in [0.15, 0.2) is 0 Å². The van der Waals surface area contributed by atoms with Gasteiger partial charge in [0.05, 0.1) is 5.52 Å². The van der Waals surface area contributed by atoms with Crippen LogP contribution in [0.2, 0.25) is 0 Å². The molecule has 0 radical (unpaired) electrons. The maximum absolute atomic E-state index is 4.66. The molecule has 0 N–H and O–H groups in total. The molecule has 0 atom stereocenters. The first kappa shape index (κ1) is 9.97. The first-order chi connectivity index (χ1) is 7.06. The Morgan fingerprint density at radius 2 is 1.80 bits per heavy atom. The predicted octanol–water partition coefficient (Wildman–Crippen LogP) is 4.04. The van der Waals surface area contributed by atoms with Gasteiger partial charge in [-0.2, -0.15) is 0 Å². The van der Waals surface area contributed by atoms with E-state index in [-0.39, 0.29) is 5.54 Å². The fraction of sp³-hybridized carbons (Fsp3) is 0.308. The normalized spacial score (nSPS) is 11.7. The van der Waals surface area contributed by atoms with Crippen molar-refractivity contribution in [2.24, 2.45) is 0 Å². The van der Waals surface area contributed by atoms with Gasteiger partial charge in [0, 0.05) is 6.20 Å². The van der Waals surface area contributed by atoms with Crippen LogP contribution in [-0.2, 0) is 0 Å². The minimum absolute atomic E-state index is 0.0637. The van der Waals surface area contributed by atoms with Crippen LogP contribution in [0.4, 0.5) is 5.69 Å². The Morgan fingerprint density at radius 1 is 1.07 bits per heavy atom. The van der Waals surface area contributed by atoms with E-state index in [2.05, 4.69) is 43.2 Å². The summed E-state index contributed by atoms with van der Waals surface area (Å²) in [5, 5.41) is 5.80. The molecule has 1 heterocycles. The summed E-state index contributed by atoms with van der Waals surface area (Å²) in [5.41, 5.74) is 1.89. The maximum atomic E-state index is 4.66. The summed E-state index contributed by atoms with van der Waals surface area (Å²) in [6.07, 6.45) is 1.81. The Hall–Kier alpha value is -1.57. The molecule has 0 fully saturated rings. The molecular weight excluding hydrogens is 184 g/mol. The lowest BCUT2D eigenvalue weighted by Gasteiger charge is -2.38. The van der Waals surface area contributed by atoms with Gasteiger partial charge in [-0.1, -0.05) is 45.0 Å². The van der Waals surface area contributed by atoms with Crippen molar-refractivity contribution in [3.8, 4) is 0 Å². The summed E-state index contributed by atoms with van der Waals surface area (Å²) in [4.78, 5) is 4.37. The van der Waals surface area contributed by atoms with E-state index in [0.717, 1.165) is 16.6 Å². The molecule has 1 aromatic heterocycles. The minimum atomic E-state index is -0.0637. The predicted molar refractivity (Wildman–Crippen MR) is 64.5 cm³/mol. The van der Waals surface area contributed by atoms with Crippen molar-refractivity contribution in [1.29, 1.82) is 0 Å². The van der Waals surface area contributed by atoms with E-state index in [1.54, 1.807) is 0 Å². The molecule has 1 aromatic carbocycles. The van der Waals surface area contributed by atoms with Crippen LogP contribution in [0.25, 0.3) is 16.2 Å². The monoisotopic (exact) mass is 199 g/mol. The molecule has 0 spiro atoms. The van der Waals surface area contributed by atoms with Crippen molar-refractivity contribution in [3.63, 3.8) is 0 Å². The van der Waals surface area contributed by atoms with E-state index in [0.29, 0.717) is 0 Å². The zero-order chi connectivity index (χ0) is 10.9. The molecule has 2 rings (SSSR count). The molecule has 0 aliphatic rings. The number of nitrogens with zero attached hydrogens (tertiary/aromatic N) is 2. The number of benzene rings is 1. The molecule has 2 nitrogen and oxygen atoms in total. The number of pyridine rings is 1. The molecule has 2 heteroatoms. The number of hydrogen-bond acceptors (Lipinski definition) is 1. The number of hydrogen-bond donors (Lipinski definition) is 0. The van der Waals surface area contributed by atoms with E-state index in [4.69, 9.17) is 0 Å². The van der Waals surface area contributed by atoms with E-state index in [1.165, 1.54) is 0 Å². The summed E-state index contributed by atoms with van der Waals surface area (Å²) in [6, 6.07) is 10.1. The van der Waals surface area contributed by atoms with Gasteiger partial charge in [-0.3, -0.25) is 4.98 Å². The van der Waals surface area contributed by atoms with Gasteiger partial charge in [-0.15, -0.1) is 11.2 Å². The molecule has 0 unspecified atom stereocenters. The Bertz CT molecular complexity index is 464. The van der Waals surface area contributed by atoms with Crippen molar-refractivity contribution in [2.45, 2.75) is 26.3 Å². The maximum Gasteiger partial charge on any atom is 0.0553 e. The molecular formula is C13H15N2-. The summed E-state index contributed by atoms with van der Waals surface area (Å²) < 4.78 is 0. The quantitative estimate of drug-likeness (QED) is 0.681. The van der Waals surface area contributed by atoms with Crippen molar-refractivity contribution in [2.75, 3.05) is 0 Å². The van der Waals surface area contributed by atoms with Crippen LogP contribution in [0.15, 0.2) is 36.5 Å². The Balaban J connectivity index is 2.52. The van der Waals surface area contributed by atoms with Crippen molar-refractivity contribution in [1.82, 2.24) is 4.98 Å². The Labute approximate surface area is 90.3 Å². The van der Waals surface area contributed by atoms with Gasteiger partial charge in [0.2, 0.25) is 0 Å². The first-order valence-electron chi connectivity index (χ1n) is 5.13. The molecule has 0 amide bonds. The van der Waals surface area contributed by atoms with E-state index < -0.39 is 0 Å². The number of aromatic nitrogens is 1. The van der Waals surface area contributed by atoms with Crippen LogP contribution in [0.5, 0.6) is 0 Å². The van der Waals surface area contributed by atoms with Gasteiger partial charge in [0.1, 0.15) is 0 Å². The number of fused-ring (bicyclic) bond motifs is 1. The highest BCUT2D eigenvalue weighted by atomic mass is 15.0. The second-order valence-corrected chi connectivity index (χ2v) is 4.63. The van der Waals surface area contributed by atoms with E-state index in [1.807, 2.05) is 24.4 Å². The highest BCUT2D eigenvalue weighted by Crippen LogP contribution is 2.33. The molecule has 0 bridgehead atoms. The Kier molecular flexibility index (Phi) is 2.35. The highest BCUT2D eigenvalue weighted by molar-refractivity contribution is 5.91. The topological polar surface area (TPSA) is 27.0 Å². The van der Waals surface area contributed by atoms with Crippen LogP contribution in [0, 0.1) is 0 Å². The van der Waals surface area contributed by atoms with Crippen LogP contribution in [0.3, 0.4) is 0 Å². The molecule has 2 aromatic rings. The second-order valence-electron chi connectivity index (χ2n) is 4.63. The van der Waals surface area contributed by atoms with Gasteiger partial charge < -0.3 is 5.32 Å². The lowest BCUT2D eigenvalue weighted by atomic mass is 10.1. The lowest BCUT2D eigenvalue weighted by molar-refractivity contribution is 0.670. The standard InChI is InChI=1S/C13H15N2/c1-13(2,3)15-11-8-4-6-10-7-5-9-14-12(10)11/h4-9H,1-3H3/q-1. The third-order valence-corrected chi connectivity index (χ3v) is 2.07. The fourth-order valence-electron chi connectivity index (χ4n) is 1.54. The van der Waals surface area contributed by atoms with Gasteiger partial charge in [0.25, 0.3) is 0 Å². The average Bonchev–Trinajstić information content (AvgIpc) is 2.16. The van der Waals surface area contributed by atoms with E-state index in [9.17, 15) is 0 Å². The van der Waals surface area contributed by atoms with Crippen molar-refractivity contribution < 1.29 is 0 Å². The van der Waals surface area contributed by atoms with E-state index >= 15 is 0 Å².